The number of fused-ring (bicyclic) bond motifs is 1. The molecule has 25 heavy (non-hydrogen) atoms. The van der Waals surface area contributed by atoms with Gasteiger partial charge in [-0.1, -0.05) is 12.8 Å². The Kier molecular flexibility index (Phi) is 4.19. The first-order valence-electron chi connectivity index (χ1n) is 8.87. The highest BCUT2D eigenvalue weighted by Gasteiger charge is 2.23. The lowest BCUT2D eigenvalue weighted by Crippen LogP contribution is -2.16. The van der Waals surface area contributed by atoms with Gasteiger partial charge in [-0.3, -0.25) is 9.40 Å². The molecule has 0 saturated heterocycles. The van der Waals surface area contributed by atoms with E-state index < -0.39 is 10.0 Å². The molecule has 1 saturated carbocycles. The average molecular weight is 361 g/mol. The number of hydrogen-bond acceptors (Lipinski definition) is 4. The maximum Gasteiger partial charge on any atom is 0.262 e. The molecule has 0 bridgehead atoms. The molecule has 1 N–H and O–H groups in total. The highest BCUT2D eigenvalue weighted by Crippen LogP contribution is 2.32. The number of hydrogen-bond donors (Lipinski definition) is 1. The molecule has 2 aliphatic rings. The number of anilines is 1. The predicted octanol–water partition coefficient (Wildman–Crippen LogP) is 3.43. The zero-order valence-corrected chi connectivity index (χ0v) is 15.2. The predicted molar refractivity (Wildman–Crippen MR) is 95.5 cm³/mol. The summed E-state index contributed by atoms with van der Waals surface area (Å²) in [6, 6.07) is 5.45. The van der Waals surface area contributed by atoms with Gasteiger partial charge in [0.05, 0.1) is 35.1 Å². The minimum Gasteiger partial charge on any atom is -0.493 e. The van der Waals surface area contributed by atoms with E-state index in [0.717, 1.165) is 42.7 Å². The maximum absolute atomic E-state index is 12.8. The summed E-state index contributed by atoms with van der Waals surface area (Å²) < 4.78 is 35.8. The summed E-state index contributed by atoms with van der Waals surface area (Å²) in [5.41, 5.74) is 2.38. The smallest absolute Gasteiger partial charge is 0.262 e. The van der Waals surface area contributed by atoms with Gasteiger partial charge >= 0.3 is 0 Å². The van der Waals surface area contributed by atoms with Gasteiger partial charge in [-0.25, -0.2) is 8.42 Å². The zero-order valence-electron chi connectivity index (χ0n) is 14.4. The summed E-state index contributed by atoms with van der Waals surface area (Å²) >= 11 is 0. The van der Waals surface area contributed by atoms with E-state index in [-0.39, 0.29) is 4.90 Å². The van der Waals surface area contributed by atoms with Crippen LogP contribution in [0.25, 0.3) is 0 Å². The lowest BCUT2D eigenvalue weighted by Gasteiger charge is -2.18. The molecule has 1 aliphatic carbocycles. The van der Waals surface area contributed by atoms with Gasteiger partial charge in [0.15, 0.2) is 0 Å². The molecular formula is C18H23N3O3S. The second-order valence-electron chi connectivity index (χ2n) is 6.85. The van der Waals surface area contributed by atoms with Crippen molar-refractivity contribution in [1.82, 2.24) is 9.78 Å². The van der Waals surface area contributed by atoms with Crippen LogP contribution in [0.4, 0.5) is 5.69 Å². The maximum atomic E-state index is 12.8. The molecule has 1 fully saturated rings. The first-order valence-corrected chi connectivity index (χ1v) is 10.4. The van der Waals surface area contributed by atoms with Crippen LogP contribution < -0.4 is 9.46 Å². The third-order valence-electron chi connectivity index (χ3n) is 5.15. The largest absolute Gasteiger partial charge is 0.493 e. The summed E-state index contributed by atoms with van der Waals surface area (Å²) in [6.45, 7) is 2.61. The molecule has 2 aromatic rings. The number of aromatic nitrogens is 2. The minimum atomic E-state index is -3.64. The number of aryl methyl sites for hydroxylation is 1. The molecule has 0 radical (unpaired) electrons. The van der Waals surface area contributed by atoms with Crippen LogP contribution in [-0.2, 0) is 16.4 Å². The molecule has 4 rings (SSSR count). The van der Waals surface area contributed by atoms with Crippen LogP contribution in [-0.4, -0.2) is 24.8 Å². The fraction of sp³-hybridized carbons (Fsp3) is 0.500. The zero-order chi connectivity index (χ0) is 17.4. The van der Waals surface area contributed by atoms with Gasteiger partial charge in [-0.15, -0.1) is 0 Å². The topological polar surface area (TPSA) is 73.2 Å². The quantitative estimate of drug-likeness (QED) is 0.905. The van der Waals surface area contributed by atoms with Gasteiger partial charge < -0.3 is 4.74 Å². The van der Waals surface area contributed by atoms with Crippen LogP contribution in [0.1, 0.15) is 49.4 Å². The molecule has 7 heteroatoms. The lowest BCUT2D eigenvalue weighted by molar-refractivity contribution is 0.288. The van der Waals surface area contributed by atoms with Gasteiger partial charge in [0.2, 0.25) is 0 Å². The molecule has 2 heterocycles. The Morgan fingerprint density at radius 2 is 2.04 bits per heavy atom. The Bertz CT molecular complexity index is 883. The summed E-state index contributed by atoms with van der Waals surface area (Å²) in [4.78, 5) is 0.268. The molecule has 134 valence electrons. The Labute approximate surface area is 148 Å². The van der Waals surface area contributed by atoms with Crippen molar-refractivity contribution in [2.45, 2.75) is 56.4 Å². The molecule has 1 aliphatic heterocycles. The monoisotopic (exact) mass is 361 g/mol. The van der Waals surface area contributed by atoms with Gasteiger partial charge in [-0.2, -0.15) is 5.10 Å². The van der Waals surface area contributed by atoms with E-state index in [9.17, 15) is 8.42 Å². The SMILES string of the molecule is Cc1c(NS(=O)(=O)c2ccc3c(c2)CCCO3)cnn1C1CCCC1. The van der Waals surface area contributed by atoms with Crippen LogP contribution in [0.15, 0.2) is 29.3 Å². The number of benzene rings is 1. The van der Waals surface area contributed by atoms with Crippen molar-refractivity contribution in [3.8, 4) is 5.75 Å². The second kappa shape index (κ2) is 6.37. The van der Waals surface area contributed by atoms with Crippen molar-refractivity contribution in [3.05, 3.63) is 35.7 Å². The van der Waals surface area contributed by atoms with Crippen molar-refractivity contribution in [3.63, 3.8) is 0 Å². The van der Waals surface area contributed by atoms with E-state index in [1.807, 2.05) is 11.6 Å². The summed E-state index contributed by atoms with van der Waals surface area (Å²) in [5.74, 6) is 0.787. The van der Waals surface area contributed by atoms with E-state index in [4.69, 9.17) is 4.74 Å². The van der Waals surface area contributed by atoms with Crippen LogP contribution in [0.3, 0.4) is 0 Å². The van der Waals surface area contributed by atoms with Gasteiger partial charge in [0.25, 0.3) is 10.0 Å². The molecular weight excluding hydrogens is 338 g/mol. The molecule has 0 spiro atoms. The number of rotatable bonds is 4. The van der Waals surface area contributed by atoms with Gasteiger partial charge in [-0.05, 0) is 56.4 Å². The first-order chi connectivity index (χ1) is 12.0. The summed E-state index contributed by atoms with van der Waals surface area (Å²) in [5, 5.41) is 4.42. The van der Waals surface area contributed by atoms with E-state index in [1.165, 1.54) is 12.8 Å². The second-order valence-corrected chi connectivity index (χ2v) is 8.54. The molecule has 0 unspecified atom stereocenters. The number of nitrogens with zero attached hydrogens (tertiary/aromatic N) is 2. The number of sulfonamides is 1. The third kappa shape index (κ3) is 3.13. The number of nitrogens with one attached hydrogen (secondary N) is 1. The van der Waals surface area contributed by atoms with Crippen molar-refractivity contribution < 1.29 is 13.2 Å². The molecule has 1 aromatic carbocycles. The van der Waals surface area contributed by atoms with E-state index >= 15 is 0 Å². The van der Waals surface area contributed by atoms with Crippen LogP contribution >= 0.6 is 0 Å². The molecule has 6 nitrogen and oxygen atoms in total. The third-order valence-corrected chi connectivity index (χ3v) is 6.51. The lowest BCUT2D eigenvalue weighted by atomic mass is 10.1. The first kappa shape index (κ1) is 16.4. The minimum absolute atomic E-state index is 0.268. The molecule has 0 amide bonds. The fourth-order valence-corrected chi connectivity index (χ4v) is 4.90. The summed E-state index contributed by atoms with van der Waals surface area (Å²) in [6.07, 6.45) is 8.02. The van der Waals surface area contributed by atoms with E-state index in [1.54, 1.807) is 24.4 Å². The van der Waals surface area contributed by atoms with Crippen molar-refractivity contribution in [2.24, 2.45) is 0 Å². The standard InChI is InChI=1S/C18H23N3O3S/c1-13-17(12-19-21(13)15-6-2-3-7-15)20-25(22,23)16-8-9-18-14(11-16)5-4-10-24-18/h8-9,11-12,15,20H,2-7,10H2,1H3. The van der Waals surface area contributed by atoms with Crippen molar-refractivity contribution in [2.75, 3.05) is 11.3 Å². The van der Waals surface area contributed by atoms with Gasteiger partial charge in [0.1, 0.15) is 5.75 Å². The van der Waals surface area contributed by atoms with Crippen molar-refractivity contribution in [1.29, 1.82) is 0 Å². The van der Waals surface area contributed by atoms with Crippen LogP contribution in [0.5, 0.6) is 5.75 Å². The van der Waals surface area contributed by atoms with E-state index in [2.05, 4.69) is 9.82 Å². The molecule has 1 aromatic heterocycles. The Balaban J connectivity index is 1.59. The Morgan fingerprint density at radius 1 is 1.24 bits per heavy atom. The highest BCUT2D eigenvalue weighted by molar-refractivity contribution is 7.92. The van der Waals surface area contributed by atoms with Crippen molar-refractivity contribution >= 4 is 15.7 Å². The average Bonchev–Trinajstić information content (AvgIpc) is 3.25. The Morgan fingerprint density at radius 3 is 2.84 bits per heavy atom. The fourth-order valence-electron chi connectivity index (χ4n) is 3.75. The number of ether oxygens (including phenoxy) is 1. The normalized spacial score (nSPS) is 18.0. The van der Waals surface area contributed by atoms with Crippen LogP contribution in [0, 0.1) is 6.92 Å². The van der Waals surface area contributed by atoms with Crippen LogP contribution in [0.2, 0.25) is 0 Å². The summed E-state index contributed by atoms with van der Waals surface area (Å²) in [7, 11) is -3.64. The highest BCUT2D eigenvalue weighted by atomic mass is 32.2. The molecule has 0 atom stereocenters. The van der Waals surface area contributed by atoms with Gasteiger partial charge in [0, 0.05) is 0 Å². The Hall–Kier alpha value is -2.02. The van der Waals surface area contributed by atoms with E-state index in [0.29, 0.717) is 18.3 Å².